The van der Waals surface area contributed by atoms with Crippen LogP contribution in [0.2, 0.25) is 0 Å². The summed E-state index contributed by atoms with van der Waals surface area (Å²) in [7, 11) is 0. The zero-order chi connectivity index (χ0) is 21.6. The van der Waals surface area contributed by atoms with Crippen LogP contribution in [0.25, 0.3) is 11.1 Å². The summed E-state index contributed by atoms with van der Waals surface area (Å²) in [5.74, 6) is 0.0496. The second kappa shape index (κ2) is 9.84. The summed E-state index contributed by atoms with van der Waals surface area (Å²) in [4.78, 5) is 23.5. The van der Waals surface area contributed by atoms with Gasteiger partial charge in [-0.3, -0.25) is 4.79 Å². The zero-order valence-corrected chi connectivity index (χ0v) is 18.1. The minimum atomic E-state index is -0.144. The van der Waals surface area contributed by atoms with Gasteiger partial charge in [0.2, 0.25) is 5.91 Å². The van der Waals surface area contributed by atoms with Crippen molar-refractivity contribution in [3.8, 4) is 11.1 Å². The summed E-state index contributed by atoms with van der Waals surface area (Å²) in [5, 5.41) is 0. The van der Waals surface area contributed by atoms with E-state index in [4.69, 9.17) is 4.74 Å². The molecule has 31 heavy (non-hydrogen) atoms. The molecule has 0 bridgehead atoms. The SMILES string of the molecule is CCN(C(=O)[C@@H](C)c1ccccc1)[C@H]1CCO[C@@H](c2ccc(-c3cncnc3)cc2)C1. The fraction of sp³-hybridized carbons (Fsp3) is 0.346. The molecule has 4 rings (SSSR count). The van der Waals surface area contributed by atoms with Crippen molar-refractivity contribution >= 4 is 5.91 Å². The molecule has 2 heterocycles. The van der Waals surface area contributed by atoms with E-state index in [0.717, 1.165) is 35.1 Å². The summed E-state index contributed by atoms with van der Waals surface area (Å²) in [5.41, 5.74) is 4.29. The van der Waals surface area contributed by atoms with Crippen LogP contribution in [0.1, 0.15) is 49.8 Å². The van der Waals surface area contributed by atoms with Crippen LogP contribution in [-0.2, 0) is 9.53 Å². The molecule has 2 aromatic carbocycles. The Balaban J connectivity index is 1.46. The average molecular weight is 416 g/mol. The summed E-state index contributed by atoms with van der Waals surface area (Å²) in [6.45, 7) is 5.44. The van der Waals surface area contributed by atoms with E-state index in [1.54, 1.807) is 0 Å². The first-order valence-electron chi connectivity index (χ1n) is 11.0. The zero-order valence-electron chi connectivity index (χ0n) is 18.1. The number of nitrogens with zero attached hydrogens (tertiary/aromatic N) is 3. The van der Waals surface area contributed by atoms with E-state index in [9.17, 15) is 4.79 Å². The van der Waals surface area contributed by atoms with Gasteiger partial charge in [-0.2, -0.15) is 0 Å². The number of hydrogen-bond acceptors (Lipinski definition) is 4. The number of aromatic nitrogens is 2. The van der Waals surface area contributed by atoms with E-state index >= 15 is 0 Å². The van der Waals surface area contributed by atoms with Gasteiger partial charge in [-0.1, -0.05) is 54.6 Å². The van der Waals surface area contributed by atoms with Crippen LogP contribution in [-0.4, -0.2) is 40.0 Å². The summed E-state index contributed by atoms with van der Waals surface area (Å²) < 4.78 is 6.10. The summed E-state index contributed by atoms with van der Waals surface area (Å²) in [6, 6.07) is 18.6. The number of amides is 1. The highest BCUT2D eigenvalue weighted by Crippen LogP contribution is 2.33. The van der Waals surface area contributed by atoms with Crippen LogP contribution in [0.5, 0.6) is 0 Å². The van der Waals surface area contributed by atoms with Crippen LogP contribution in [0.3, 0.4) is 0 Å². The van der Waals surface area contributed by atoms with Gasteiger partial charge in [-0.25, -0.2) is 9.97 Å². The third kappa shape index (κ3) is 4.83. The Bertz CT molecular complexity index is 977. The maximum absolute atomic E-state index is 13.3. The molecule has 0 unspecified atom stereocenters. The fourth-order valence-electron chi connectivity index (χ4n) is 4.36. The van der Waals surface area contributed by atoms with Crippen LogP contribution in [0.15, 0.2) is 73.3 Å². The predicted octanol–water partition coefficient (Wildman–Crippen LogP) is 5.02. The molecule has 160 valence electrons. The molecule has 5 heteroatoms. The van der Waals surface area contributed by atoms with Crippen molar-refractivity contribution in [2.45, 2.75) is 44.8 Å². The largest absolute Gasteiger partial charge is 0.373 e. The molecule has 1 aliphatic rings. The molecule has 1 amide bonds. The lowest BCUT2D eigenvalue weighted by molar-refractivity contribution is -0.138. The van der Waals surface area contributed by atoms with E-state index in [0.29, 0.717) is 13.2 Å². The molecule has 0 radical (unpaired) electrons. The van der Waals surface area contributed by atoms with Crippen molar-refractivity contribution in [2.75, 3.05) is 13.2 Å². The minimum absolute atomic E-state index is 0.00583. The topological polar surface area (TPSA) is 55.3 Å². The van der Waals surface area contributed by atoms with Gasteiger partial charge in [-0.15, -0.1) is 0 Å². The maximum atomic E-state index is 13.3. The Morgan fingerprint density at radius 3 is 2.45 bits per heavy atom. The van der Waals surface area contributed by atoms with Gasteiger partial charge in [0.05, 0.1) is 12.0 Å². The number of carbonyl (C=O) groups excluding carboxylic acids is 1. The van der Waals surface area contributed by atoms with E-state index in [1.807, 2.05) is 54.5 Å². The first-order valence-corrected chi connectivity index (χ1v) is 11.0. The molecule has 1 saturated heterocycles. The molecule has 1 aromatic heterocycles. The van der Waals surface area contributed by atoms with Crippen molar-refractivity contribution in [1.29, 1.82) is 0 Å². The molecule has 5 nitrogen and oxygen atoms in total. The van der Waals surface area contributed by atoms with Crippen molar-refractivity contribution < 1.29 is 9.53 Å². The predicted molar refractivity (Wildman–Crippen MR) is 121 cm³/mol. The Labute approximate surface area is 184 Å². The normalized spacial score (nSPS) is 19.5. The smallest absolute Gasteiger partial charge is 0.230 e. The summed E-state index contributed by atoms with van der Waals surface area (Å²) >= 11 is 0. The van der Waals surface area contributed by atoms with Crippen LogP contribution >= 0.6 is 0 Å². The molecular formula is C26H29N3O2. The highest BCUT2D eigenvalue weighted by atomic mass is 16.5. The molecule has 3 atom stereocenters. The van der Waals surface area contributed by atoms with Crippen molar-refractivity contribution in [1.82, 2.24) is 14.9 Å². The van der Waals surface area contributed by atoms with E-state index in [2.05, 4.69) is 41.2 Å². The fourth-order valence-corrected chi connectivity index (χ4v) is 4.36. The van der Waals surface area contributed by atoms with Gasteiger partial charge >= 0.3 is 0 Å². The monoisotopic (exact) mass is 415 g/mol. The molecule has 1 fully saturated rings. The molecule has 0 saturated carbocycles. The van der Waals surface area contributed by atoms with E-state index < -0.39 is 0 Å². The Morgan fingerprint density at radius 2 is 1.77 bits per heavy atom. The summed E-state index contributed by atoms with van der Waals surface area (Å²) in [6.07, 6.45) is 6.84. The quantitative estimate of drug-likeness (QED) is 0.567. The highest BCUT2D eigenvalue weighted by Gasteiger charge is 2.32. The number of benzene rings is 2. The average Bonchev–Trinajstić information content (AvgIpc) is 2.85. The van der Waals surface area contributed by atoms with Gasteiger partial charge < -0.3 is 9.64 Å². The molecule has 0 spiro atoms. The molecule has 0 N–H and O–H groups in total. The third-order valence-electron chi connectivity index (χ3n) is 6.17. The van der Waals surface area contributed by atoms with Crippen LogP contribution in [0, 0.1) is 0 Å². The highest BCUT2D eigenvalue weighted by molar-refractivity contribution is 5.83. The van der Waals surface area contributed by atoms with Crippen LogP contribution in [0.4, 0.5) is 0 Å². The number of ether oxygens (including phenoxy) is 1. The van der Waals surface area contributed by atoms with Crippen molar-refractivity contribution in [3.63, 3.8) is 0 Å². The van der Waals surface area contributed by atoms with Gasteiger partial charge in [0.25, 0.3) is 0 Å². The standard InChI is InChI=1S/C26H29N3O2/c1-3-29(26(30)19(2)20-7-5-4-6-8-20)24-13-14-31-25(15-24)22-11-9-21(10-12-22)23-16-27-18-28-17-23/h4-12,16-19,24-25H,3,13-15H2,1-2H3/t19-,24-,25+/m0/s1. The second-order valence-corrected chi connectivity index (χ2v) is 8.04. The first kappa shape index (κ1) is 21.2. The van der Waals surface area contributed by atoms with Gasteiger partial charge in [0, 0.05) is 37.2 Å². The maximum Gasteiger partial charge on any atom is 0.230 e. The number of hydrogen-bond donors (Lipinski definition) is 0. The number of rotatable bonds is 6. The first-order chi connectivity index (χ1) is 15.2. The van der Waals surface area contributed by atoms with Crippen molar-refractivity contribution in [2.24, 2.45) is 0 Å². The van der Waals surface area contributed by atoms with Gasteiger partial charge in [0.15, 0.2) is 0 Å². The Kier molecular flexibility index (Phi) is 6.73. The minimum Gasteiger partial charge on any atom is -0.373 e. The van der Waals surface area contributed by atoms with Gasteiger partial charge in [0.1, 0.15) is 6.33 Å². The third-order valence-corrected chi connectivity index (χ3v) is 6.17. The molecular weight excluding hydrogens is 386 g/mol. The molecule has 0 aliphatic carbocycles. The number of likely N-dealkylation sites (N-methyl/N-ethyl adjacent to an activating group) is 1. The number of carbonyl (C=O) groups is 1. The Hall–Kier alpha value is -3.05. The van der Waals surface area contributed by atoms with Crippen molar-refractivity contribution in [3.05, 3.63) is 84.4 Å². The molecule has 3 aromatic rings. The van der Waals surface area contributed by atoms with E-state index in [1.165, 1.54) is 6.33 Å². The van der Waals surface area contributed by atoms with E-state index in [-0.39, 0.29) is 24.0 Å². The second-order valence-electron chi connectivity index (χ2n) is 8.04. The van der Waals surface area contributed by atoms with Crippen LogP contribution < -0.4 is 0 Å². The lowest BCUT2D eigenvalue weighted by Crippen LogP contribution is -2.45. The molecule has 1 aliphatic heterocycles. The Morgan fingerprint density at radius 1 is 1.06 bits per heavy atom. The lowest BCUT2D eigenvalue weighted by Gasteiger charge is -2.38. The lowest BCUT2D eigenvalue weighted by atomic mass is 9.93. The van der Waals surface area contributed by atoms with Gasteiger partial charge in [-0.05, 0) is 43.4 Å².